The zero-order valence-electron chi connectivity index (χ0n) is 11.2. The summed E-state index contributed by atoms with van der Waals surface area (Å²) < 4.78 is 27.6. The van der Waals surface area contributed by atoms with Gasteiger partial charge in [0.2, 0.25) is 0 Å². The van der Waals surface area contributed by atoms with Crippen molar-refractivity contribution in [1.82, 2.24) is 5.32 Å². The minimum atomic E-state index is -3.87. The first kappa shape index (κ1) is 16.1. The number of carbonyl (C=O) groups is 1. The van der Waals surface area contributed by atoms with Crippen molar-refractivity contribution in [3.63, 3.8) is 0 Å². The van der Waals surface area contributed by atoms with Gasteiger partial charge in [-0.2, -0.15) is 8.78 Å². The lowest BCUT2D eigenvalue weighted by atomic mass is 9.75. The zero-order valence-corrected chi connectivity index (χ0v) is 11.9. The molecule has 1 fully saturated rings. The standard InChI is InChI=1S/C14H16ClF2NO3/c15-10-5-2-1-4-9(10)11(19)8-18-12(20)14(16,17)13(21)6-3-7-13/h1-2,4-5,11,19,21H,3,6-8H2,(H,18,20). The van der Waals surface area contributed by atoms with E-state index >= 15 is 0 Å². The highest BCUT2D eigenvalue weighted by Crippen LogP contribution is 2.44. The van der Waals surface area contributed by atoms with E-state index in [4.69, 9.17) is 11.6 Å². The molecule has 1 aliphatic carbocycles. The van der Waals surface area contributed by atoms with E-state index in [1.54, 1.807) is 18.2 Å². The molecule has 0 saturated heterocycles. The molecule has 1 atom stereocenters. The molecule has 0 aromatic heterocycles. The fraction of sp³-hybridized carbons (Fsp3) is 0.500. The molecule has 0 heterocycles. The molecule has 1 unspecified atom stereocenters. The highest BCUT2D eigenvalue weighted by Gasteiger charge is 2.61. The molecule has 2 rings (SSSR count). The third kappa shape index (κ3) is 3.02. The van der Waals surface area contributed by atoms with Crippen LogP contribution < -0.4 is 5.32 Å². The normalized spacial score (nSPS) is 18.7. The molecule has 4 nitrogen and oxygen atoms in total. The Morgan fingerprint density at radius 3 is 2.57 bits per heavy atom. The van der Waals surface area contributed by atoms with Crippen molar-refractivity contribution in [3.8, 4) is 0 Å². The largest absolute Gasteiger partial charge is 0.387 e. The van der Waals surface area contributed by atoms with Crippen molar-refractivity contribution in [2.45, 2.75) is 36.9 Å². The monoisotopic (exact) mass is 319 g/mol. The SMILES string of the molecule is O=C(NCC(O)c1ccccc1Cl)C(F)(F)C1(O)CCC1. The molecule has 7 heteroatoms. The van der Waals surface area contributed by atoms with Gasteiger partial charge in [-0.3, -0.25) is 4.79 Å². The number of aliphatic hydroxyl groups excluding tert-OH is 1. The van der Waals surface area contributed by atoms with Crippen LogP contribution in [-0.2, 0) is 4.79 Å². The van der Waals surface area contributed by atoms with E-state index < -0.39 is 30.1 Å². The molecule has 1 amide bonds. The third-order valence-electron chi connectivity index (χ3n) is 3.77. The van der Waals surface area contributed by atoms with Gasteiger partial charge in [0.05, 0.1) is 6.10 Å². The van der Waals surface area contributed by atoms with Gasteiger partial charge in [0, 0.05) is 17.1 Å². The minimum absolute atomic E-state index is 0.111. The van der Waals surface area contributed by atoms with Gasteiger partial charge in [-0.1, -0.05) is 29.8 Å². The van der Waals surface area contributed by atoms with E-state index in [2.05, 4.69) is 0 Å². The third-order valence-corrected chi connectivity index (χ3v) is 4.11. The van der Waals surface area contributed by atoms with Gasteiger partial charge in [-0.05, 0) is 25.3 Å². The molecule has 21 heavy (non-hydrogen) atoms. The second-order valence-electron chi connectivity index (χ2n) is 5.21. The van der Waals surface area contributed by atoms with Crippen LogP contribution in [0.3, 0.4) is 0 Å². The van der Waals surface area contributed by atoms with E-state index in [9.17, 15) is 23.8 Å². The smallest absolute Gasteiger partial charge is 0.352 e. The molecule has 1 aromatic rings. The first-order valence-corrected chi connectivity index (χ1v) is 6.97. The van der Waals surface area contributed by atoms with Crippen molar-refractivity contribution in [2.24, 2.45) is 0 Å². The molecule has 1 aliphatic rings. The number of alkyl halides is 2. The van der Waals surface area contributed by atoms with Crippen LogP contribution in [-0.4, -0.2) is 34.2 Å². The average molecular weight is 320 g/mol. The first-order valence-electron chi connectivity index (χ1n) is 6.59. The van der Waals surface area contributed by atoms with Gasteiger partial charge < -0.3 is 15.5 Å². The molecule has 0 aliphatic heterocycles. The Hall–Kier alpha value is -1.24. The van der Waals surface area contributed by atoms with Crippen LogP contribution in [0.4, 0.5) is 8.78 Å². The predicted molar refractivity (Wildman–Crippen MR) is 73.2 cm³/mol. The summed E-state index contributed by atoms with van der Waals surface area (Å²) in [5.41, 5.74) is -1.93. The number of benzene rings is 1. The van der Waals surface area contributed by atoms with Crippen LogP contribution >= 0.6 is 11.6 Å². The summed E-state index contributed by atoms with van der Waals surface area (Å²) in [7, 11) is 0. The van der Waals surface area contributed by atoms with Crippen LogP contribution in [0.15, 0.2) is 24.3 Å². The minimum Gasteiger partial charge on any atom is -0.387 e. The summed E-state index contributed by atoms with van der Waals surface area (Å²) in [6.07, 6.45) is -0.961. The summed E-state index contributed by atoms with van der Waals surface area (Å²) in [5.74, 6) is -5.46. The summed E-state index contributed by atoms with van der Waals surface area (Å²) in [6.45, 7) is -0.408. The molecule has 0 bridgehead atoms. The molecular weight excluding hydrogens is 304 g/mol. The Balaban J connectivity index is 1.96. The molecule has 0 spiro atoms. The maximum absolute atomic E-state index is 13.8. The first-order chi connectivity index (χ1) is 9.78. The zero-order chi connectivity index (χ0) is 15.7. The Kier molecular flexibility index (Phi) is 4.51. The van der Waals surface area contributed by atoms with Crippen LogP contribution in [0.25, 0.3) is 0 Å². The number of hydrogen-bond donors (Lipinski definition) is 3. The second kappa shape index (κ2) is 5.87. The van der Waals surface area contributed by atoms with Gasteiger partial charge >= 0.3 is 5.92 Å². The van der Waals surface area contributed by atoms with Crippen molar-refractivity contribution in [2.75, 3.05) is 6.54 Å². The van der Waals surface area contributed by atoms with E-state index in [1.165, 1.54) is 6.07 Å². The fourth-order valence-electron chi connectivity index (χ4n) is 2.19. The molecular formula is C14H16ClF2NO3. The van der Waals surface area contributed by atoms with Gasteiger partial charge in [-0.25, -0.2) is 0 Å². The van der Waals surface area contributed by atoms with Crippen molar-refractivity contribution in [1.29, 1.82) is 0 Å². The van der Waals surface area contributed by atoms with E-state index in [-0.39, 0.29) is 17.9 Å². The van der Waals surface area contributed by atoms with Crippen molar-refractivity contribution < 1.29 is 23.8 Å². The summed E-state index contributed by atoms with van der Waals surface area (Å²) in [6, 6.07) is 6.39. The van der Waals surface area contributed by atoms with Crippen LogP contribution in [0.5, 0.6) is 0 Å². The van der Waals surface area contributed by atoms with E-state index in [0.29, 0.717) is 12.0 Å². The maximum Gasteiger partial charge on any atom is 0.352 e. The number of rotatable bonds is 5. The molecule has 0 radical (unpaired) electrons. The highest BCUT2D eigenvalue weighted by atomic mass is 35.5. The van der Waals surface area contributed by atoms with Gasteiger partial charge in [-0.15, -0.1) is 0 Å². The molecule has 1 aromatic carbocycles. The maximum atomic E-state index is 13.8. The quantitative estimate of drug-likeness (QED) is 0.778. The lowest BCUT2D eigenvalue weighted by Crippen LogP contribution is -2.60. The number of aliphatic hydroxyl groups is 2. The number of amides is 1. The highest BCUT2D eigenvalue weighted by molar-refractivity contribution is 6.31. The number of halogens is 3. The molecule has 1 saturated carbocycles. The lowest BCUT2D eigenvalue weighted by molar-refractivity contribution is -0.216. The number of carbonyl (C=O) groups excluding carboxylic acids is 1. The lowest BCUT2D eigenvalue weighted by Gasteiger charge is -2.41. The van der Waals surface area contributed by atoms with Crippen molar-refractivity contribution >= 4 is 17.5 Å². The molecule has 3 N–H and O–H groups in total. The Bertz CT molecular complexity index is 535. The summed E-state index contributed by atoms with van der Waals surface area (Å²) >= 11 is 5.87. The van der Waals surface area contributed by atoms with Crippen LogP contribution in [0, 0.1) is 0 Å². The molecule has 116 valence electrons. The van der Waals surface area contributed by atoms with Crippen molar-refractivity contribution in [3.05, 3.63) is 34.9 Å². The second-order valence-corrected chi connectivity index (χ2v) is 5.61. The number of hydrogen-bond acceptors (Lipinski definition) is 3. The summed E-state index contributed by atoms with van der Waals surface area (Å²) in [5, 5.41) is 21.8. The van der Waals surface area contributed by atoms with Gasteiger partial charge in [0.1, 0.15) is 5.60 Å². The topological polar surface area (TPSA) is 69.6 Å². The Morgan fingerprint density at radius 1 is 1.43 bits per heavy atom. The fourth-order valence-corrected chi connectivity index (χ4v) is 2.45. The van der Waals surface area contributed by atoms with Crippen LogP contribution in [0.1, 0.15) is 30.9 Å². The van der Waals surface area contributed by atoms with Crippen LogP contribution in [0.2, 0.25) is 5.02 Å². The van der Waals surface area contributed by atoms with Gasteiger partial charge in [0.25, 0.3) is 5.91 Å². The predicted octanol–water partition coefficient (Wildman–Crippen LogP) is 2.04. The van der Waals surface area contributed by atoms with Gasteiger partial charge in [0.15, 0.2) is 0 Å². The van der Waals surface area contributed by atoms with E-state index in [0.717, 1.165) is 0 Å². The Labute approximate surface area is 125 Å². The summed E-state index contributed by atoms with van der Waals surface area (Å²) in [4.78, 5) is 11.6. The Morgan fingerprint density at radius 2 is 2.05 bits per heavy atom. The average Bonchev–Trinajstić information content (AvgIpc) is 2.41. The van der Waals surface area contributed by atoms with E-state index in [1.807, 2.05) is 5.32 Å². The number of nitrogens with one attached hydrogen (secondary N) is 1.